The van der Waals surface area contributed by atoms with Crippen LogP contribution in [0.5, 0.6) is 0 Å². The van der Waals surface area contributed by atoms with E-state index >= 15 is 0 Å². The maximum Gasteiger partial charge on any atom is -0.00676 e. The molecule has 22 heavy (non-hydrogen) atoms. The average Bonchev–Trinajstić information content (AvgIpc) is 2.54. The number of unbranched alkanes of at least 4 members (excludes halogenated alkanes) is 16. The summed E-state index contributed by atoms with van der Waals surface area (Å²) in [5.74, 6) is 2.67. The molecule has 0 saturated carbocycles. The highest BCUT2D eigenvalue weighted by atomic mass is 32.2. The predicted molar refractivity (Wildman–Crippen MR) is 107 cm³/mol. The van der Waals surface area contributed by atoms with Crippen LogP contribution in [0.3, 0.4) is 0 Å². The van der Waals surface area contributed by atoms with Gasteiger partial charge in [0.1, 0.15) is 0 Å². The second kappa shape index (κ2) is 21.4. The molecule has 0 amide bonds. The van der Waals surface area contributed by atoms with Crippen LogP contribution in [-0.4, -0.2) is 11.5 Å². The fourth-order valence-electron chi connectivity index (χ4n) is 3.07. The minimum Gasteiger partial charge on any atom is -0.162 e. The second-order valence-electron chi connectivity index (χ2n) is 6.85. The topological polar surface area (TPSA) is 0 Å². The van der Waals surface area contributed by atoms with Crippen LogP contribution in [0.15, 0.2) is 0 Å². The van der Waals surface area contributed by atoms with Gasteiger partial charge in [-0.1, -0.05) is 117 Å². The zero-order valence-corrected chi connectivity index (χ0v) is 16.7. The van der Waals surface area contributed by atoms with Gasteiger partial charge in [0.2, 0.25) is 0 Å². The van der Waals surface area contributed by atoms with E-state index in [1.165, 1.54) is 121 Å². The number of hydrogen-bond donors (Lipinski definition) is 0. The standard InChI is InChI=1S/C21H44S/c1-3-5-6-7-8-9-10-11-12-13-14-15-16-17-18-19-20-21-22-4-2/h3-21H2,1-2H3. The monoisotopic (exact) mass is 328 g/mol. The number of hydrogen-bond acceptors (Lipinski definition) is 1. The lowest BCUT2D eigenvalue weighted by atomic mass is 10.0. The first kappa shape index (κ1) is 22.4. The molecule has 0 bridgehead atoms. The summed E-state index contributed by atoms with van der Waals surface area (Å²) >= 11 is 2.10. The molecule has 0 unspecified atom stereocenters. The highest BCUT2D eigenvalue weighted by molar-refractivity contribution is 7.99. The Morgan fingerprint density at radius 3 is 1.05 bits per heavy atom. The molecule has 0 aliphatic carbocycles. The van der Waals surface area contributed by atoms with Gasteiger partial charge in [0.05, 0.1) is 0 Å². The minimum absolute atomic E-state index is 1.29. The largest absolute Gasteiger partial charge is 0.162 e. The zero-order chi connectivity index (χ0) is 16.1. The summed E-state index contributed by atoms with van der Waals surface area (Å²) in [6.45, 7) is 4.56. The molecule has 0 aromatic carbocycles. The maximum absolute atomic E-state index is 2.30. The number of thioether (sulfide) groups is 1. The highest BCUT2D eigenvalue weighted by Crippen LogP contribution is 2.14. The van der Waals surface area contributed by atoms with E-state index in [0.717, 1.165) is 0 Å². The van der Waals surface area contributed by atoms with Crippen molar-refractivity contribution in [1.29, 1.82) is 0 Å². The molecule has 0 rings (SSSR count). The van der Waals surface area contributed by atoms with Gasteiger partial charge in [-0.3, -0.25) is 0 Å². The van der Waals surface area contributed by atoms with Crippen LogP contribution in [0, 0.1) is 0 Å². The van der Waals surface area contributed by atoms with Crippen LogP contribution in [0.1, 0.15) is 123 Å². The molecule has 0 aliphatic heterocycles. The Labute approximate surface area is 146 Å². The molecule has 0 nitrogen and oxygen atoms in total. The van der Waals surface area contributed by atoms with E-state index in [4.69, 9.17) is 0 Å². The van der Waals surface area contributed by atoms with Gasteiger partial charge in [0.25, 0.3) is 0 Å². The van der Waals surface area contributed by atoms with Crippen molar-refractivity contribution in [3.8, 4) is 0 Å². The third kappa shape index (κ3) is 20.3. The van der Waals surface area contributed by atoms with Gasteiger partial charge < -0.3 is 0 Å². The van der Waals surface area contributed by atoms with E-state index in [0.29, 0.717) is 0 Å². The molecule has 1 heteroatoms. The first-order valence-corrected chi connectivity index (χ1v) is 11.6. The quantitative estimate of drug-likeness (QED) is 0.214. The molecular weight excluding hydrogens is 284 g/mol. The van der Waals surface area contributed by atoms with E-state index < -0.39 is 0 Å². The van der Waals surface area contributed by atoms with E-state index in [9.17, 15) is 0 Å². The van der Waals surface area contributed by atoms with Gasteiger partial charge in [-0.2, -0.15) is 11.8 Å². The van der Waals surface area contributed by atoms with Crippen LogP contribution in [0.2, 0.25) is 0 Å². The summed E-state index contributed by atoms with van der Waals surface area (Å²) in [6.07, 6.45) is 25.0. The lowest BCUT2D eigenvalue weighted by molar-refractivity contribution is 0.529. The van der Waals surface area contributed by atoms with Crippen LogP contribution in [0.25, 0.3) is 0 Å². The molecule has 134 valence electrons. The molecule has 0 aromatic heterocycles. The fourth-order valence-corrected chi connectivity index (χ4v) is 3.77. The zero-order valence-electron chi connectivity index (χ0n) is 15.8. The Balaban J connectivity index is 2.91. The van der Waals surface area contributed by atoms with Crippen molar-refractivity contribution < 1.29 is 0 Å². The van der Waals surface area contributed by atoms with Crippen LogP contribution in [-0.2, 0) is 0 Å². The molecule has 0 atom stereocenters. The predicted octanol–water partition coefficient (Wildman–Crippen LogP) is 8.39. The Morgan fingerprint density at radius 1 is 0.409 bits per heavy atom. The summed E-state index contributed by atoms with van der Waals surface area (Å²) in [6, 6.07) is 0. The SMILES string of the molecule is CCCCCCCCCCCCCCCCCCCSCC. The third-order valence-corrected chi connectivity index (χ3v) is 5.58. The summed E-state index contributed by atoms with van der Waals surface area (Å²) in [5.41, 5.74) is 0. The molecule has 0 saturated heterocycles. The summed E-state index contributed by atoms with van der Waals surface area (Å²) < 4.78 is 0. The lowest BCUT2D eigenvalue weighted by Crippen LogP contribution is -1.85. The molecule has 0 aromatic rings. The molecule has 0 fully saturated rings. The fraction of sp³-hybridized carbons (Fsp3) is 1.00. The van der Waals surface area contributed by atoms with Crippen LogP contribution >= 0.6 is 11.8 Å². The number of rotatable bonds is 19. The van der Waals surface area contributed by atoms with Crippen LogP contribution < -0.4 is 0 Å². The minimum atomic E-state index is 1.29. The second-order valence-corrected chi connectivity index (χ2v) is 8.25. The first-order chi connectivity index (χ1) is 10.9. The van der Waals surface area contributed by atoms with Crippen molar-refractivity contribution in [2.75, 3.05) is 11.5 Å². The van der Waals surface area contributed by atoms with Crippen molar-refractivity contribution in [2.24, 2.45) is 0 Å². The molecule has 0 radical (unpaired) electrons. The Kier molecular flexibility index (Phi) is 21.7. The first-order valence-electron chi connectivity index (χ1n) is 10.5. The van der Waals surface area contributed by atoms with Crippen molar-refractivity contribution in [3.63, 3.8) is 0 Å². The van der Waals surface area contributed by atoms with Gasteiger partial charge >= 0.3 is 0 Å². The van der Waals surface area contributed by atoms with Crippen LogP contribution in [0.4, 0.5) is 0 Å². The molecule has 0 aliphatic rings. The third-order valence-electron chi connectivity index (χ3n) is 4.60. The van der Waals surface area contributed by atoms with Crippen molar-refractivity contribution in [1.82, 2.24) is 0 Å². The molecular formula is C21H44S. The normalized spacial score (nSPS) is 11.2. The van der Waals surface area contributed by atoms with Gasteiger partial charge in [-0.15, -0.1) is 0 Å². The Bertz CT molecular complexity index is 159. The average molecular weight is 329 g/mol. The lowest BCUT2D eigenvalue weighted by Gasteiger charge is -2.03. The van der Waals surface area contributed by atoms with Gasteiger partial charge in [0, 0.05) is 0 Å². The summed E-state index contributed by atoms with van der Waals surface area (Å²) in [4.78, 5) is 0. The Hall–Kier alpha value is 0.350. The van der Waals surface area contributed by atoms with E-state index in [-0.39, 0.29) is 0 Å². The maximum atomic E-state index is 2.30. The summed E-state index contributed by atoms with van der Waals surface area (Å²) in [7, 11) is 0. The van der Waals surface area contributed by atoms with Crippen molar-refractivity contribution >= 4 is 11.8 Å². The van der Waals surface area contributed by atoms with Crippen molar-refractivity contribution in [3.05, 3.63) is 0 Å². The molecule has 0 heterocycles. The van der Waals surface area contributed by atoms with Gasteiger partial charge in [0.15, 0.2) is 0 Å². The Morgan fingerprint density at radius 2 is 0.727 bits per heavy atom. The summed E-state index contributed by atoms with van der Waals surface area (Å²) in [5, 5.41) is 0. The van der Waals surface area contributed by atoms with E-state index in [1.54, 1.807) is 0 Å². The smallest absolute Gasteiger partial charge is 0.00676 e. The van der Waals surface area contributed by atoms with E-state index in [1.807, 2.05) is 0 Å². The molecule has 0 N–H and O–H groups in total. The van der Waals surface area contributed by atoms with Gasteiger partial charge in [-0.25, -0.2) is 0 Å². The van der Waals surface area contributed by atoms with Crippen molar-refractivity contribution in [2.45, 2.75) is 123 Å². The molecule has 0 spiro atoms. The highest BCUT2D eigenvalue weighted by Gasteiger charge is 1.94. The van der Waals surface area contributed by atoms with Gasteiger partial charge in [-0.05, 0) is 17.9 Å². The van der Waals surface area contributed by atoms with E-state index in [2.05, 4.69) is 25.6 Å².